The maximum absolute atomic E-state index is 12.6. The van der Waals surface area contributed by atoms with Crippen molar-refractivity contribution in [1.82, 2.24) is 4.90 Å². The second kappa shape index (κ2) is 14.5. The quantitative estimate of drug-likeness (QED) is 0.291. The molecular formula is C27H48N2O2. The molecule has 1 amide bonds. The van der Waals surface area contributed by atoms with Crippen LogP contribution in [0.2, 0.25) is 0 Å². The van der Waals surface area contributed by atoms with E-state index in [9.17, 15) is 4.79 Å². The van der Waals surface area contributed by atoms with Gasteiger partial charge in [0.05, 0.1) is 5.41 Å². The number of ether oxygens (including phenoxy) is 1. The van der Waals surface area contributed by atoms with Crippen LogP contribution in [0.5, 0.6) is 5.75 Å². The average Bonchev–Trinajstić information content (AvgIpc) is 2.72. The van der Waals surface area contributed by atoms with Crippen molar-refractivity contribution in [2.75, 3.05) is 13.2 Å². The summed E-state index contributed by atoms with van der Waals surface area (Å²) < 4.78 is 5.99. The molecule has 0 radical (unpaired) electrons. The Balaban J connectivity index is 2.76. The first kappa shape index (κ1) is 27.5. The van der Waals surface area contributed by atoms with Gasteiger partial charge < -0.3 is 10.5 Å². The van der Waals surface area contributed by atoms with E-state index in [-0.39, 0.29) is 5.91 Å². The van der Waals surface area contributed by atoms with Crippen LogP contribution in [0.4, 0.5) is 0 Å². The molecule has 1 atom stereocenters. The van der Waals surface area contributed by atoms with E-state index in [0.29, 0.717) is 18.7 Å². The number of hydrogen-bond acceptors (Lipinski definition) is 3. The summed E-state index contributed by atoms with van der Waals surface area (Å²) in [5.74, 6) is 0.748. The molecule has 1 rings (SSSR count). The van der Waals surface area contributed by atoms with E-state index in [1.54, 1.807) is 0 Å². The third-order valence-corrected chi connectivity index (χ3v) is 6.45. The number of hydrogen-bond donors (Lipinski definition) is 1. The summed E-state index contributed by atoms with van der Waals surface area (Å²) in [5, 5.41) is 0. The van der Waals surface area contributed by atoms with Gasteiger partial charge in [-0.3, -0.25) is 9.69 Å². The minimum Gasteiger partial charge on any atom is -0.492 e. The molecule has 0 fully saturated rings. The summed E-state index contributed by atoms with van der Waals surface area (Å²) in [4.78, 5) is 15.0. The Morgan fingerprint density at radius 3 is 2.03 bits per heavy atom. The van der Waals surface area contributed by atoms with E-state index in [1.807, 2.05) is 12.1 Å². The van der Waals surface area contributed by atoms with Crippen LogP contribution < -0.4 is 10.5 Å². The lowest BCUT2D eigenvalue weighted by molar-refractivity contribution is -0.128. The largest absolute Gasteiger partial charge is 0.492 e. The first-order valence-corrected chi connectivity index (χ1v) is 12.5. The highest BCUT2D eigenvalue weighted by Gasteiger charge is 2.35. The van der Waals surface area contributed by atoms with Gasteiger partial charge in [0.25, 0.3) is 0 Å². The van der Waals surface area contributed by atoms with Gasteiger partial charge in [-0.15, -0.1) is 0 Å². The Morgan fingerprint density at radius 2 is 1.52 bits per heavy atom. The van der Waals surface area contributed by atoms with Gasteiger partial charge in [0.1, 0.15) is 12.4 Å². The SMILES string of the molecule is CCCCCC[C@](CCCC)(Cc1ccc(OCCN(C(C)C)C(C)C)cc1)C(N)=O. The molecule has 4 nitrogen and oxygen atoms in total. The van der Waals surface area contributed by atoms with E-state index in [1.165, 1.54) is 24.8 Å². The average molecular weight is 433 g/mol. The first-order valence-electron chi connectivity index (χ1n) is 12.5. The lowest BCUT2D eigenvalue weighted by Gasteiger charge is -2.31. The number of benzene rings is 1. The fourth-order valence-electron chi connectivity index (χ4n) is 4.52. The van der Waals surface area contributed by atoms with Crippen LogP contribution in [-0.4, -0.2) is 36.0 Å². The van der Waals surface area contributed by atoms with Crippen LogP contribution in [0.3, 0.4) is 0 Å². The molecule has 0 aliphatic carbocycles. The van der Waals surface area contributed by atoms with E-state index in [2.05, 4.69) is 58.6 Å². The van der Waals surface area contributed by atoms with E-state index < -0.39 is 5.41 Å². The molecule has 31 heavy (non-hydrogen) atoms. The number of rotatable bonds is 17. The second-order valence-electron chi connectivity index (χ2n) is 9.65. The van der Waals surface area contributed by atoms with Crippen molar-refractivity contribution < 1.29 is 9.53 Å². The minimum absolute atomic E-state index is 0.139. The molecule has 178 valence electrons. The normalized spacial score (nSPS) is 13.7. The summed E-state index contributed by atoms with van der Waals surface area (Å²) in [6.45, 7) is 14.9. The number of amides is 1. The van der Waals surface area contributed by atoms with Gasteiger partial charge in [-0.25, -0.2) is 0 Å². The summed E-state index contributed by atoms with van der Waals surface area (Å²) in [7, 11) is 0. The van der Waals surface area contributed by atoms with Crippen molar-refractivity contribution in [3.05, 3.63) is 29.8 Å². The number of carbonyl (C=O) groups excluding carboxylic acids is 1. The highest BCUT2D eigenvalue weighted by molar-refractivity contribution is 5.81. The highest BCUT2D eigenvalue weighted by Crippen LogP contribution is 2.35. The summed E-state index contributed by atoms with van der Waals surface area (Å²) in [6, 6.07) is 9.29. The van der Waals surface area contributed by atoms with Crippen molar-refractivity contribution in [3.63, 3.8) is 0 Å². The van der Waals surface area contributed by atoms with Crippen molar-refractivity contribution in [3.8, 4) is 5.75 Å². The topological polar surface area (TPSA) is 55.6 Å². The molecule has 0 aliphatic rings. The molecule has 4 heteroatoms. The zero-order valence-corrected chi connectivity index (χ0v) is 21.1. The van der Waals surface area contributed by atoms with Crippen molar-refractivity contribution in [2.24, 2.45) is 11.1 Å². The van der Waals surface area contributed by atoms with Crippen molar-refractivity contribution in [1.29, 1.82) is 0 Å². The third kappa shape index (κ3) is 9.64. The van der Waals surface area contributed by atoms with Crippen LogP contribution >= 0.6 is 0 Å². The predicted molar refractivity (Wildman–Crippen MR) is 133 cm³/mol. The van der Waals surface area contributed by atoms with E-state index in [0.717, 1.165) is 50.8 Å². The van der Waals surface area contributed by atoms with Gasteiger partial charge >= 0.3 is 0 Å². The maximum atomic E-state index is 12.6. The molecule has 2 N–H and O–H groups in total. The van der Waals surface area contributed by atoms with Crippen LogP contribution in [0.15, 0.2) is 24.3 Å². The van der Waals surface area contributed by atoms with Crippen LogP contribution in [0.1, 0.15) is 98.5 Å². The number of nitrogens with zero attached hydrogens (tertiary/aromatic N) is 1. The molecule has 0 unspecified atom stereocenters. The number of primary amides is 1. The molecule has 1 aromatic carbocycles. The fraction of sp³-hybridized carbons (Fsp3) is 0.741. The Labute approximate surface area is 191 Å². The Bertz CT molecular complexity index is 604. The standard InChI is InChI=1S/C27H48N2O2/c1-7-9-11-12-18-27(26(28)30,17-10-8-2)21-24-13-15-25(16-14-24)31-20-19-29(22(3)4)23(5)6/h13-16,22-23H,7-12,17-21H2,1-6H3,(H2,28,30)/t27-/m1/s1. The van der Waals surface area contributed by atoms with Gasteiger partial charge in [-0.2, -0.15) is 0 Å². The third-order valence-electron chi connectivity index (χ3n) is 6.45. The molecule has 0 spiro atoms. The second-order valence-corrected chi connectivity index (χ2v) is 9.65. The number of unbranched alkanes of at least 4 members (excludes halogenated alkanes) is 4. The van der Waals surface area contributed by atoms with Gasteiger partial charge in [-0.1, -0.05) is 64.5 Å². The molecule has 1 aromatic rings. The van der Waals surface area contributed by atoms with Crippen molar-refractivity contribution >= 4 is 5.91 Å². The highest BCUT2D eigenvalue weighted by atomic mass is 16.5. The lowest BCUT2D eigenvalue weighted by atomic mass is 9.73. The van der Waals surface area contributed by atoms with Gasteiger partial charge in [0.2, 0.25) is 5.91 Å². The summed E-state index contributed by atoms with van der Waals surface area (Å²) in [5.41, 5.74) is 6.72. The molecule has 0 aromatic heterocycles. The Hall–Kier alpha value is -1.55. The zero-order valence-electron chi connectivity index (χ0n) is 21.1. The smallest absolute Gasteiger partial charge is 0.223 e. The molecule has 0 aliphatic heterocycles. The molecule has 0 bridgehead atoms. The molecule has 0 saturated carbocycles. The Morgan fingerprint density at radius 1 is 0.935 bits per heavy atom. The van der Waals surface area contributed by atoms with Crippen molar-refractivity contribution in [2.45, 2.75) is 111 Å². The Kier molecular flexibility index (Phi) is 12.9. The van der Waals surface area contributed by atoms with Gasteiger partial charge in [0, 0.05) is 18.6 Å². The molecule has 0 heterocycles. The minimum atomic E-state index is -0.429. The number of nitrogens with two attached hydrogens (primary N) is 1. The zero-order chi connectivity index (χ0) is 23.3. The van der Waals surface area contributed by atoms with Gasteiger partial charge in [-0.05, 0) is 64.7 Å². The van der Waals surface area contributed by atoms with Gasteiger partial charge in [0.15, 0.2) is 0 Å². The van der Waals surface area contributed by atoms with E-state index >= 15 is 0 Å². The van der Waals surface area contributed by atoms with Crippen LogP contribution in [0, 0.1) is 5.41 Å². The van der Waals surface area contributed by atoms with Crippen LogP contribution in [0.25, 0.3) is 0 Å². The number of carbonyl (C=O) groups is 1. The molecular weight excluding hydrogens is 384 g/mol. The fourth-order valence-corrected chi connectivity index (χ4v) is 4.52. The summed E-state index contributed by atoms with van der Waals surface area (Å²) >= 11 is 0. The first-order chi connectivity index (χ1) is 14.8. The molecule has 0 saturated heterocycles. The maximum Gasteiger partial charge on any atom is 0.223 e. The van der Waals surface area contributed by atoms with E-state index in [4.69, 9.17) is 10.5 Å². The monoisotopic (exact) mass is 432 g/mol. The van der Waals surface area contributed by atoms with Crippen LogP contribution in [-0.2, 0) is 11.2 Å². The summed E-state index contributed by atoms with van der Waals surface area (Å²) in [6.07, 6.45) is 9.29. The lowest BCUT2D eigenvalue weighted by Crippen LogP contribution is -2.39. The predicted octanol–water partition coefficient (Wildman–Crippen LogP) is 6.36.